The second-order valence-corrected chi connectivity index (χ2v) is 7.50. The molecule has 26 heavy (non-hydrogen) atoms. The fraction of sp³-hybridized carbons (Fsp3) is 0.389. The average molecular weight is 442 g/mol. The summed E-state index contributed by atoms with van der Waals surface area (Å²) in [7, 11) is 0. The zero-order valence-electron chi connectivity index (χ0n) is 14.8. The van der Waals surface area contributed by atoms with Crippen molar-refractivity contribution in [3.8, 4) is 5.75 Å². The maximum Gasteiger partial charge on any atom is 0.326 e. The molecule has 1 aliphatic rings. The molecule has 1 heterocycles. The van der Waals surface area contributed by atoms with Crippen molar-refractivity contribution in [2.24, 2.45) is 0 Å². The van der Waals surface area contributed by atoms with E-state index in [1.165, 1.54) is 0 Å². The van der Waals surface area contributed by atoms with Crippen LogP contribution in [0.15, 0.2) is 27.6 Å². The number of rotatable bonds is 7. The number of carbonyl (C=O) groups excluding carboxylic acids is 3. The van der Waals surface area contributed by atoms with Crippen molar-refractivity contribution in [2.45, 2.75) is 33.3 Å². The summed E-state index contributed by atoms with van der Waals surface area (Å²) in [6, 6.07) is 5.42. The highest BCUT2D eigenvalue weighted by Crippen LogP contribution is 2.34. The third-order valence-corrected chi connectivity index (χ3v) is 5.03. The predicted octanol–water partition coefficient (Wildman–Crippen LogP) is 4.23. The lowest BCUT2D eigenvalue weighted by Gasteiger charge is -2.14. The van der Waals surface area contributed by atoms with E-state index in [1.54, 1.807) is 25.1 Å². The molecule has 2 rings (SSSR count). The quantitative estimate of drug-likeness (QED) is 0.465. The lowest BCUT2D eigenvalue weighted by molar-refractivity contribution is -0.150. The Bertz CT molecular complexity index is 749. The molecule has 1 aromatic carbocycles. The van der Waals surface area contributed by atoms with E-state index in [2.05, 4.69) is 15.9 Å². The molecule has 1 fully saturated rings. The van der Waals surface area contributed by atoms with Gasteiger partial charge in [-0.2, -0.15) is 0 Å². The first-order valence-electron chi connectivity index (χ1n) is 8.22. The number of nitrogens with zero attached hydrogens (tertiary/aromatic N) is 1. The number of imide groups is 1. The second kappa shape index (κ2) is 9.23. The molecule has 140 valence electrons. The van der Waals surface area contributed by atoms with Gasteiger partial charge in [0.05, 0.1) is 17.6 Å². The van der Waals surface area contributed by atoms with Gasteiger partial charge in [0.15, 0.2) is 0 Å². The van der Waals surface area contributed by atoms with Gasteiger partial charge in [0.1, 0.15) is 12.3 Å². The highest BCUT2D eigenvalue weighted by molar-refractivity contribution is 9.10. The van der Waals surface area contributed by atoms with Crippen LogP contribution in [0, 0.1) is 0 Å². The van der Waals surface area contributed by atoms with Crippen LogP contribution in [0.4, 0.5) is 4.79 Å². The summed E-state index contributed by atoms with van der Waals surface area (Å²) in [5.74, 6) is -0.498. The number of amides is 2. The third kappa shape index (κ3) is 5.11. The van der Waals surface area contributed by atoms with Gasteiger partial charge in [0.25, 0.3) is 11.1 Å². The molecule has 8 heteroatoms. The molecule has 0 bridgehead atoms. The molecule has 0 saturated carbocycles. The normalized spacial score (nSPS) is 16.9. The molecule has 0 aliphatic carbocycles. The zero-order chi connectivity index (χ0) is 19.3. The molecule has 1 atom stereocenters. The van der Waals surface area contributed by atoms with Crippen LogP contribution in [0.2, 0.25) is 0 Å². The number of hydrogen-bond donors (Lipinski definition) is 0. The Morgan fingerprint density at radius 2 is 2.08 bits per heavy atom. The van der Waals surface area contributed by atoms with Crippen molar-refractivity contribution in [3.63, 3.8) is 0 Å². The number of ether oxygens (including phenoxy) is 2. The summed E-state index contributed by atoms with van der Waals surface area (Å²) in [6.45, 7) is 5.60. The van der Waals surface area contributed by atoms with E-state index in [1.807, 2.05) is 19.9 Å². The number of benzene rings is 1. The number of thioether (sulfide) groups is 1. The van der Waals surface area contributed by atoms with Crippen molar-refractivity contribution < 1.29 is 23.9 Å². The van der Waals surface area contributed by atoms with Gasteiger partial charge in [-0.05, 0) is 56.3 Å². The first kappa shape index (κ1) is 20.5. The first-order valence-corrected chi connectivity index (χ1v) is 9.83. The molecule has 0 spiro atoms. The number of halogens is 1. The summed E-state index contributed by atoms with van der Waals surface area (Å²) < 4.78 is 11.5. The molecule has 1 aliphatic heterocycles. The van der Waals surface area contributed by atoms with Crippen LogP contribution in [-0.4, -0.2) is 41.3 Å². The zero-order valence-corrected chi connectivity index (χ0v) is 17.2. The van der Waals surface area contributed by atoms with E-state index in [0.717, 1.165) is 21.1 Å². The number of esters is 1. The first-order chi connectivity index (χ1) is 12.3. The van der Waals surface area contributed by atoms with Crippen LogP contribution >= 0.6 is 27.7 Å². The van der Waals surface area contributed by atoms with E-state index in [-0.39, 0.29) is 17.6 Å². The summed E-state index contributed by atoms with van der Waals surface area (Å²) in [6.07, 6.45) is 2.01. The average Bonchev–Trinajstić information content (AvgIpc) is 2.84. The minimum atomic E-state index is -0.597. The van der Waals surface area contributed by atoms with Crippen LogP contribution in [0.25, 0.3) is 6.08 Å². The highest BCUT2D eigenvalue weighted by Gasteiger charge is 2.37. The van der Waals surface area contributed by atoms with Crippen molar-refractivity contribution in [3.05, 3.63) is 33.1 Å². The maximum absolute atomic E-state index is 12.5. The smallest absolute Gasteiger partial charge is 0.326 e. The predicted molar refractivity (Wildman–Crippen MR) is 104 cm³/mol. The fourth-order valence-corrected chi connectivity index (χ4v) is 3.38. The van der Waals surface area contributed by atoms with Crippen molar-refractivity contribution >= 4 is 50.9 Å². The molecule has 0 aromatic heterocycles. The van der Waals surface area contributed by atoms with Gasteiger partial charge in [-0.15, -0.1) is 0 Å². The Labute approximate surface area is 165 Å². The van der Waals surface area contributed by atoms with Crippen molar-refractivity contribution in [2.75, 3.05) is 13.2 Å². The van der Waals surface area contributed by atoms with Crippen LogP contribution in [-0.2, 0) is 14.3 Å². The summed E-state index contributed by atoms with van der Waals surface area (Å²) in [4.78, 5) is 37.7. The van der Waals surface area contributed by atoms with E-state index in [4.69, 9.17) is 9.47 Å². The molecule has 2 amide bonds. The van der Waals surface area contributed by atoms with Crippen LogP contribution in [0.3, 0.4) is 0 Å². The van der Waals surface area contributed by atoms with E-state index < -0.39 is 17.1 Å². The largest absolute Gasteiger partial charge is 0.493 e. The molecule has 6 nitrogen and oxygen atoms in total. The van der Waals surface area contributed by atoms with E-state index >= 15 is 0 Å². The number of carbonyl (C=O) groups is 3. The molecular formula is C18H20BrNO5S. The molecule has 0 unspecified atom stereocenters. The van der Waals surface area contributed by atoms with Crippen molar-refractivity contribution in [1.82, 2.24) is 4.90 Å². The number of hydrogen-bond acceptors (Lipinski definition) is 6. The van der Waals surface area contributed by atoms with Gasteiger partial charge in [-0.25, -0.2) is 0 Å². The Kier molecular flexibility index (Phi) is 7.28. The topological polar surface area (TPSA) is 72.9 Å². The summed E-state index contributed by atoms with van der Waals surface area (Å²) >= 11 is 4.18. The molecule has 0 radical (unpaired) electrons. The molecule has 0 N–H and O–H groups in total. The Morgan fingerprint density at radius 1 is 1.35 bits per heavy atom. The van der Waals surface area contributed by atoms with Gasteiger partial charge in [-0.3, -0.25) is 19.3 Å². The SMILES string of the molecule is CCOc1ccc(Br)cc1/C=C1/SC(=O)N(CC(=O)O[C@H](C)CC)C1=O. The van der Waals surface area contributed by atoms with Crippen LogP contribution in [0.5, 0.6) is 5.75 Å². The van der Waals surface area contributed by atoms with Crippen LogP contribution in [0.1, 0.15) is 32.8 Å². The summed E-state index contributed by atoms with van der Waals surface area (Å²) in [5.41, 5.74) is 0.675. The van der Waals surface area contributed by atoms with Crippen molar-refractivity contribution in [1.29, 1.82) is 0 Å². The van der Waals surface area contributed by atoms with E-state index in [0.29, 0.717) is 24.3 Å². The van der Waals surface area contributed by atoms with E-state index in [9.17, 15) is 14.4 Å². The van der Waals surface area contributed by atoms with Crippen LogP contribution < -0.4 is 4.74 Å². The van der Waals surface area contributed by atoms with Gasteiger partial charge >= 0.3 is 5.97 Å². The lowest BCUT2D eigenvalue weighted by Crippen LogP contribution is -2.35. The molecular weight excluding hydrogens is 422 g/mol. The van der Waals surface area contributed by atoms with Gasteiger partial charge in [0, 0.05) is 10.0 Å². The Morgan fingerprint density at radius 3 is 2.73 bits per heavy atom. The monoisotopic (exact) mass is 441 g/mol. The standard InChI is InChI=1S/C18H20BrNO5S/c1-4-11(3)25-16(21)10-20-17(22)15(26-18(20)23)9-12-8-13(19)6-7-14(12)24-5-2/h6-9,11H,4-5,10H2,1-3H3/b15-9+/t11-/m1/s1. The summed E-state index contributed by atoms with van der Waals surface area (Å²) in [5, 5.41) is -0.490. The van der Waals surface area contributed by atoms with Gasteiger partial charge in [-0.1, -0.05) is 22.9 Å². The molecule has 1 aromatic rings. The lowest BCUT2D eigenvalue weighted by atomic mass is 10.2. The Balaban J connectivity index is 2.19. The third-order valence-electron chi connectivity index (χ3n) is 3.63. The minimum absolute atomic E-state index is 0.241. The molecule has 1 saturated heterocycles. The second-order valence-electron chi connectivity index (χ2n) is 5.59. The Hall–Kier alpha value is -1.80. The van der Waals surface area contributed by atoms with Gasteiger partial charge in [0.2, 0.25) is 0 Å². The maximum atomic E-state index is 12.5. The minimum Gasteiger partial charge on any atom is -0.493 e. The van der Waals surface area contributed by atoms with Gasteiger partial charge < -0.3 is 9.47 Å². The fourth-order valence-electron chi connectivity index (χ4n) is 2.17. The highest BCUT2D eigenvalue weighted by atomic mass is 79.9.